The Morgan fingerprint density at radius 1 is 1.43 bits per heavy atom. The molecule has 0 unspecified atom stereocenters. The van der Waals surface area contributed by atoms with Gasteiger partial charge in [-0.05, 0) is 37.1 Å². The number of likely N-dealkylation sites (tertiary alicyclic amines) is 1. The van der Waals surface area contributed by atoms with Crippen LogP contribution in [0.2, 0.25) is 0 Å². The largest absolute Gasteiger partial charge is 0.395 e. The molecule has 1 aromatic heterocycles. The molecule has 14 heavy (non-hydrogen) atoms. The van der Waals surface area contributed by atoms with E-state index in [1.165, 1.54) is 12.0 Å². The number of hydrogen-bond donors (Lipinski definition) is 1. The fourth-order valence-electron chi connectivity index (χ4n) is 2.03. The number of pyridine rings is 1. The van der Waals surface area contributed by atoms with Crippen molar-refractivity contribution < 1.29 is 5.11 Å². The lowest BCUT2D eigenvalue weighted by atomic mass is 10.2. The molecule has 3 heteroatoms. The summed E-state index contributed by atoms with van der Waals surface area (Å²) in [5, 5.41) is 9.16. The number of rotatable bonds is 3. The van der Waals surface area contributed by atoms with Crippen molar-refractivity contribution >= 4 is 0 Å². The highest BCUT2D eigenvalue weighted by molar-refractivity contribution is 5.09. The minimum Gasteiger partial charge on any atom is -0.395 e. The Morgan fingerprint density at radius 2 is 2.21 bits per heavy atom. The molecular weight excluding hydrogens is 176 g/mol. The highest BCUT2D eigenvalue weighted by Gasteiger charge is 2.23. The van der Waals surface area contributed by atoms with Crippen LogP contribution in [0.25, 0.3) is 0 Å². The van der Waals surface area contributed by atoms with Crippen molar-refractivity contribution in [2.24, 2.45) is 0 Å². The van der Waals surface area contributed by atoms with Gasteiger partial charge in [-0.2, -0.15) is 0 Å². The predicted molar refractivity (Wildman–Crippen MR) is 54.8 cm³/mol. The van der Waals surface area contributed by atoms with Crippen molar-refractivity contribution in [2.45, 2.75) is 25.4 Å². The Labute approximate surface area is 84.4 Å². The van der Waals surface area contributed by atoms with Gasteiger partial charge in [0.2, 0.25) is 0 Å². The van der Waals surface area contributed by atoms with E-state index in [-0.39, 0.29) is 6.61 Å². The number of aromatic nitrogens is 1. The maximum absolute atomic E-state index is 9.16. The van der Waals surface area contributed by atoms with Gasteiger partial charge < -0.3 is 5.11 Å². The van der Waals surface area contributed by atoms with Crippen molar-refractivity contribution in [3.8, 4) is 0 Å². The van der Waals surface area contributed by atoms with E-state index in [9.17, 15) is 0 Å². The second kappa shape index (κ2) is 4.53. The Kier molecular flexibility index (Phi) is 3.11. The molecule has 0 amide bonds. The SMILES string of the molecule is OC[C@H]1CCCN1Cc1ccncc1. The molecule has 2 rings (SSSR count). The van der Waals surface area contributed by atoms with E-state index in [0.717, 1.165) is 19.5 Å². The summed E-state index contributed by atoms with van der Waals surface area (Å²) in [6, 6.07) is 4.43. The molecule has 2 heterocycles. The summed E-state index contributed by atoms with van der Waals surface area (Å²) in [6.45, 7) is 2.33. The van der Waals surface area contributed by atoms with Gasteiger partial charge in [0.25, 0.3) is 0 Å². The van der Waals surface area contributed by atoms with Crippen molar-refractivity contribution in [3.05, 3.63) is 30.1 Å². The quantitative estimate of drug-likeness (QED) is 0.777. The van der Waals surface area contributed by atoms with Crippen molar-refractivity contribution in [3.63, 3.8) is 0 Å². The summed E-state index contributed by atoms with van der Waals surface area (Å²) in [5.74, 6) is 0. The normalized spacial score (nSPS) is 22.8. The smallest absolute Gasteiger partial charge is 0.0587 e. The van der Waals surface area contributed by atoms with E-state index in [2.05, 4.69) is 9.88 Å². The molecule has 0 spiro atoms. The lowest BCUT2D eigenvalue weighted by molar-refractivity contribution is 0.153. The van der Waals surface area contributed by atoms with E-state index in [1.807, 2.05) is 24.5 Å². The summed E-state index contributed by atoms with van der Waals surface area (Å²) >= 11 is 0. The van der Waals surface area contributed by atoms with E-state index in [1.54, 1.807) is 0 Å². The van der Waals surface area contributed by atoms with Gasteiger partial charge in [-0.15, -0.1) is 0 Å². The van der Waals surface area contributed by atoms with Crippen LogP contribution in [-0.4, -0.2) is 34.2 Å². The van der Waals surface area contributed by atoms with Crippen LogP contribution in [0.15, 0.2) is 24.5 Å². The number of aliphatic hydroxyl groups excluding tert-OH is 1. The van der Waals surface area contributed by atoms with Gasteiger partial charge in [0, 0.05) is 25.0 Å². The molecule has 1 aliphatic rings. The van der Waals surface area contributed by atoms with Gasteiger partial charge in [-0.3, -0.25) is 9.88 Å². The monoisotopic (exact) mass is 192 g/mol. The first-order valence-electron chi connectivity index (χ1n) is 5.14. The predicted octanol–water partition coefficient (Wildman–Crippen LogP) is 1.04. The molecule has 0 bridgehead atoms. The van der Waals surface area contributed by atoms with Gasteiger partial charge in [-0.25, -0.2) is 0 Å². The van der Waals surface area contributed by atoms with Crippen molar-refractivity contribution in [1.82, 2.24) is 9.88 Å². The Bertz CT molecular complexity index is 276. The maximum atomic E-state index is 9.16. The van der Waals surface area contributed by atoms with E-state index < -0.39 is 0 Å². The van der Waals surface area contributed by atoms with E-state index in [0.29, 0.717) is 6.04 Å². The zero-order chi connectivity index (χ0) is 9.80. The second-order valence-corrected chi connectivity index (χ2v) is 3.80. The third-order valence-corrected chi connectivity index (χ3v) is 2.84. The van der Waals surface area contributed by atoms with Gasteiger partial charge in [0.1, 0.15) is 0 Å². The van der Waals surface area contributed by atoms with Crippen LogP contribution >= 0.6 is 0 Å². The van der Waals surface area contributed by atoms with Crippen LogP contribution in [0.4, 0.5) is 0 Å². The zero-order valence-corrected chi connectivity index (χ0v) is 8.26. The van der Waals surface area contributed by atoms with Gasteiger partial charge in [0.05, 0.1) is 6.61 Å². The minimum absolute atomic E-state index is 0.283. The van der Waals surface area contributed by atoms with Crippen molar-refractivity contribution in [2.75, 3.05) is 13.2 Å². The molecule has 0 saturated carbocycles. The van der Waals surface area contributed by atoms with Gasteiger partial charge in [-0.1, -0.05) is 0 Å². The number of nitrogens with zero attached hydrogens (tertiary/aromatic N) is 2. The van der Waals surface area contributed by atoms with Crippen LogP contribution in [0.3, 0.4) is 0 Å². The van der Waals surface area contributed by atoms with Gasteiger partial charge >= 0.3 is 0 Å². The summed E-state index contributed by atoms with van der Waals surface area (Å²) in [7, 11) is 0. The van der Waals surface area contributed by atoms with Crippen LogP contribution in [-0.2, 0) is 6.54 Å². The van der Waals surface area contributed by atoms with Crippen molar-refractivity contribution in [1.29, 1.82) is 0 Å². The highest BCUT2D eigenvalue weighted by atomic mass is 16.3. The fraction of sp³-hybridized carbons (Fsp3) is 0.545. The topological polar surface area (TPSA) is 36.4 Å². The molecule has 3 nitrogen and oxygen atoms in total. The number of aliphatic hydroxyl groups is 1. The third kappa shape index (κ3) is 2.11. The Morgan fingerprint density at radius 3 is 2.93 bits per heavy atom. The molecule has 0 aromatic carbocycles. The zero-order valence-electron chi connectivity index (χ0n) is 8.26. The molecular formula is C11H16N2O. The van der Waals surface area contributed by atoms with Crippen LogP contribution in [0, 0.1) is 0 Å². The first kappa shape index (κ1) is 9.62. The number of hydrogen-bond acceptors (Lipinski definition) is 3. The first-order chi connectivity index (χ1) is 6.90. The summed E-state index contributed by atoms with van der Waals surface area (Å²) in [6.07, 6.45) is 5.97. The van der Waals surface area contributed by atoms with Crippen LogP contribution < -0.4 is 0 Å². The molecule has 1 aromatic rings. The minimum atomic E-state index is 0.283. The maximum Gasteiger partial charge on any atom is 0.0587 e. The van der Waals surface area contributed by atoms with Crippen LogP contribution in [0.5, 0.6) is 0 Å². The summed E-state index contributed by atoms with van der Waals surface area (Å²) in [5.41, 5.74) is 1.28. The highest BCUT2D eigenvalue weighted by Crippen LogP contribution is 2.18. The summed E-state index contributed by atoms with van der Waals surface area (Å²) < 4.78 is 0. The van der Waals surface area contributed by atoms with E-state index >= 15 is 0 Å². The molecule has 0 aliphatic carbocycles. The molecule has 1 aliphatic heterocycles. The third-order valence-electron chi connectivity index (χ3n) is 2.84. The summed E-state index contributed by atoms with van der Waals surface area (Å²) in [4.78, 5) is 6.33. The lowest BCUT2D eigenvalue weighted by Crippen LogP contribution is -2.31. The molecule has 1 saturated heterocycles. The van der Waals surface area contributed by atoms with Gasteiger partial charge in [0.15, 0.2) is 0 Å². The molecule has 1 fully saturated rings. The molecule has 1 atom stereocenters. The standard InChI is InChI=1S/C11H16N2O/c14-9-11-2-1-7-13(11)8-10-3-5-12-6-4-10/h3-6,11,14H,1-2,7-9H2/t11-/m1/s1. The average Bonchev–Trinajstić information content (AvgIpc) is 2.67. The fourth-order valence-corrected chi connectivity index (χ4v) is 2.03. The second-order valence-electron chi connectivity index (χ2n) is 3.80. The molecule has 76 valence electrons. The molecule has 1 N–H and O–H groups in total. The first-order valence-corrected chi connectivity index (χ1v) is 5.14. The Balaban J connectivity index is 1.97. The molecule has 0 radical (unpaired) electrons. The average molecular weight is 192 g/mol. The Hall–Kier alpha value is -0.930. The van der Waals surface area contributed by atoms with Crippen LogP contribution in [0.1, 0.15) is 18.4 Å². The van der Waals surface area contributed by atoms with E-state index in [4.69, 9.17) is 5.11 Å². The lowest BCUT2D eigenvalue weighted by Gasteiger charge is -2.22.